The van der Waals surface area contributed by atoms with Crippen LogP contribution in [0.5, 0.6) is 0 Å². The van der Waals surface area contributed by atoms with Crippen LogP contribution in [0.3, 0.4) is 0 Å². The number of thioether (sulfide) groups is 1. The summed E-state index contributed by atoms with van der Waals surface area (Å²) >= 11 is 3.12. The molecule has 1 aliphatic rings. The number of benzene rings is 3. The van der Waals surface area contributed by atoms with Gasteiger partial charge < -0.3 is 4.90 Å². The Labute approximate surface area is 244 Å². The number of likely N-dealkylation sites (N-methyl/N-ethyl adjacent to an activating group) is 1. The van der Waals surface area contributed by atoms with Crippen molar-refractivity contribution in [3.63, 3.8) is 0 Å². The lowest BCUT2D eigenvalue weighted by Gasteiger charge is -2.30. The maximum Gasteiger partial charge on any atom is 0.264 e. The zero-order valence-corrected chi connectivity index (χ0v) is 25.3. The van der Waals surface area contributed by atoms with Gasteiger partial charge in [0.05, 0.1) is 20.8 Å². The lowest BCUT2D eigenvalue weighted by molar-refractivity contribution is 0.0985. The Hall–Kier alpha value is -2.63. The van der Waals surface area contributed by atoms with Crippen LogP contribution >= 0.6 is 35.5 Å². The fraction of sp³-hybridized carbons (Fsp3) is 0.286. The van der Waals surface area contributed by atoms with Gasteiger partial charge in [0, 0.05) is 30.1 Å². The highest BCUT2D eigenvalue weighted by molar-refractivity contribution is 7.98. The number of rotatable bonds is 8. The van der Waals surface area contributed by atoms with Crippen molar-refractivity contribution in [2.45, 2.75) is 22.6 Å². The Morgan fingerprint density at radius 1 is 1.03 bits per heavy atom. The monoisotopic (exact) mass is 602 g/mol. The van der Waals surface area contributed by atoms with Crippen molar-refractivity contribution < 1.29 is 13.2 Å². The number of halogens is 1. The topological polar surface area (TPSA) is 73.8 Å². The van der Waals surface area contributed by atoms with Crippen molar-refractivity contribution >= 4 is 72.5 Å². The Balaban J connectivity index is 0.00000353. The van der Waals surface area contributed by atoms with Crippen LogP contribution in [0.1, 0.15) is 22.3 Å². The van der Waals surface area contributed by atoms with Gasteiger partial charge in [0.2, 0.25) is 0 Å². The first kappa shape index (κ1) is 29.4. The first-order chi connectivity index (χ1) is 18.3. The predicted molar refractivity (Wildman–Crippen MR) is 165 cm³/mol. The molecule has 7 nitrogen and oxygen atoms in total. The van der Waals surface area contributed by atoms with Crippen molar-refractivity contribution in [1.82, 2.24) is 9.88 Å². The molecule has 0 radical (unpaired) electrons. The molecule has 5 rings (SSSR count). The van der Waals surface area contributed by atoms with E-state index in [1.165, 1.54) is 27.8 Å². The number of hydrogen-bond donors (Lipinski definition) is 0. The molecule has 0 spiro atoms. The second kappa shape index (κ2) is 12.3. The quantitative estimate of drug-likeness (QED) is 0.238. The number of amides is 1. The molecular weight excluding hydrogens is 572 g/mol. The Kier molecular flexibility index (Phi) is 9.23. The Bertz CT molecular complexity index is 1570. The zero-order chi connectivity index (χ0) is 26.9. The third kappa shape index (κ3) is 5.95. The van der Waals surface area contributed by atoms with E-state index in [1.807, 2.05) is 67.7 Å². The van der Waals surface area contributed by atoms with Crippen molar-refractivity contribution in [3.8, 4) is 0 Å². The molecule has 0 bridgehead atoms. The van der Waals surface area contributed by atoms with Gasteiger partial charge in [-0.3, -0.25) is 14.0 Å². The molecule has 1 aliphatic heterocycles. The second-order valence-electron chi connectivity index (χ2n) is 9.40. The molecule has 0 saturated carbocycles. The maximum absolute atomic E-state index is 13.7. The average molecular weight is 603 g/mol. The third-order valence-electron chi connectivity index (χ3n) is 6.59. The van der Waals surface area contributed by atoms with Gasteiger partial charge in [-0.25, -0.2) is 13.4 Å². The number of nitrogens with zero attached hydrogens (tertiary/aromatic N) is 4. The molecule has 1 aromatic heterocycles. The van der Waals surface area contributed by atoms with Gasteiger partial charge in [0.1, 0.15) is 0 Å². The summed E-state index contributed by atoms with van der Waals surface area (Å²) in [7, 11) is 0.179. The van der Waals surface area contributed by atoms with Gasteiger partial charge >= 0.3 is 0 Å². The highest BCUT2D eigenvalue weighted by Gasteiger charge is 2.29. The molecule has 206 valence electrons. The van der Waals surface area contributed by atoms with E-state index in [4.69, 9.17) is 4.98 Å². The maximum atomic E-state index is 13.7. The molecule has 1 amide bonds. The van der Waals surface area contributed by atoms with Crippen LogP contribution in [0, 0.1) is 0 Å². The van der Waals surface area contributed by atoms with Crippen molar-refractivity contribution in [2.75, 3.05) is 49.2 Å². The van der Waals surface area contributed by atoms with Crippen LogP contribution in [0.4, 0.5) is 10.8 Å². The highest BCUT2D eigenvalue weighted by atomic mass is 35.5. The molecule has 2 heterocycles. The molecule has 3 aromatic carbocycles. The van der Waals surface area contributed by atoms with E-state index in [1.54, 1.807) is 28.8 Å². The van der Waals surface area contributed by atoms with Crippen LogP contribution in [-0.2, 0) is 16.4 Å². The van der Waals surface area contributed by atoms with Gasteiger partial charge in [-0.05, 0) is 81.2 Å². The van der Waals surface area contributed by atoms with E-state index in [9.17, 15) is 13.2 Å². The minimum atomic E-state index is -3.75. The molecular formula is C28H31ClN4O3S3. The molecule has 4 aromatic rings. The summed E-state index contributed by atoms with van der Waals surface area (Å²) in [6.45, 7) is 1.57. The number of para-hydroxylation sites is 2. The number of fused-ring (bicyclic) bond motifs is 2. The second-order valence-corrected chi connectivity index (χ2v) is 13.1. The van der Waals surface area contributed by atoms with Crippen LogP contribution in [0.25, 0.3) is 10.2 Å². The van der Waals surface area contributed by atoms with Crippen LogP contribution in [0.2, 0.25) is 0 Å². The van der Waals surface area contributed by atoms with Gasteiger partial charge in [-0.15, -0.1) is 24.2 Å². The fourth-order valence-electron chi connectivity index (χ4n) is 4.58. The molecule has 0 aliphatic carbocycles. The largest absolute Gasteiger partial charge is 0.308 e. The minimum absolute atomic E-state index is 0. The average Bonchev–Trinajstić information content (AvgIpc) is 3.36. The van der Waals surface area contributed by atoms with Gasteiger partial charge in [0.25, 0.3) is 15.9 Å². The number of anilines is 2. The number of aryl methyl sites for hydroxylation is 1. The number of thiazole rings is 1. The molecule has 0 unspecified atom stereocenters. The van der Waals surface area contributed by atoms with E-state index in [-0.39, 0.29) is 23.2 Å². The van der Waals surface area contributed by atoms with Crippen molar-refractivity contribution in [3.05, 3.63) is 77.9 Å². The van der Waals surface area contributed by atoms with E-state index in [0.29, 0.717) is 30.3 Å². The molecule has 0 saturated heterocycles. The number of carbonyl (C=O) groups is 1. The van der Waals surface area contributed by atoms with Crippen LogP contribution < -0.4 is 9.21 Å². The lowest BCUT2D eigenvalue weighted by atomic mass is 10.0. The number of carbonyl (C=O) groups excluding carboxylic acids is 1. The predicted octanol–water partition coefficient (Wildman–Crippen LogP) is 5.79. The van der Waals surface area contributed by atoms with Crippen LogP contribution in [0.15, 0.2) is 76.5 Å². The van der Waals surface area contributed by atoms with Crippen molar-refractivity contribution in [1.29, 1.82) is 0 Å². The molecule has 0 atom stereocenters. The van der Waals surface area contributed by atoms with E-state index in [0.717, 1.165) is 39.2 Å². The normalized spacial score (nSPS) is 13.3. The first-order valence-electron chi connectivity index (χ1n) is 12.4. The van der Waals surface area contributed by atoms with Crippen LogP contribution in [-0.4, -0.2) is 64.2 Å². The minimum Gasteiger partial charge on any atom is -0.308 e. The summed E-state index contributed by atoms with van der Waals surface area (Å²) in [5.74, 6) is -0.205. The number of aromatic nitrogens is 1. The zero-order valence-electron chi connectivity index (χ0n) is 22.0. The van der Waals surface area contributed by atoms with E-state index in [2.05, 4.69) is 0 Å². The van der Waals surface area contributed by atoms with E-state index >= 15 is 0 Å². The smallest absolute Gasteiger partial charge is 0.264 e. The van der Waals surface area contributed by atoms with Gasteiger partial charge in [0.15, 0.2) is 5.13 Å². The summed E-state index contributed by atoms with van der Waals surface area (Å²) in [6.07, 6.45) is 3.65. The van der Waals surface area contributed by atoms with E-state index < -0.39 is 10.0 Å². The van der Waals surface area contributed by atoms with Gasteiger partial charge in [-0.2, -0.15) is 0 Å². The summed E-state index contributed by atoms with van der Waals surface area (Å²) in [5.41, 5.74) is 3.08. The Morgan fingerprint density at radius 2 is 1.77 bits per heavy atom. The fourth-order valence-corrected chi connectivity index (χ4v) is 7.76. The summed E-state index contributed by atoms with van der Waals surface area (Å²) < 4.78 is 29.6. The molecule has 0 fully saturated rings. The SMILES string of the molecule is CSc1cccc2sc(N(CCN(C)C)C(=O)c3ccc(S(=O)(=O)N4CCCc5ccccc54)cc3)nc12.Cl. The third-order valence-corrected chi connectivity index (χ3v) is 10.2. The highest BCUT2D eigenvalue weighted by Crippen LogP contribution is 2.35. The lowest BCUT2D eigenvalue weighted by Crippen LogP contribution is -2.37. The molecule has 11 heteroatoms. The molecule has 0 N–H and O–H groups in total. The number of hydrogen-bond acceptors (Lipinski definition) is 7. The van der Waals surface area contributed by atoms with Crippen molar-refractivity contribution in [2.24, 2.45) is 0 Å². The molecule has 39 heavy (non-hydrogen) atoms. The first-order valence-corrected chi connectivity index (χ1v) is 15.9. The number of sulfonamides is 1. The standard InChI is InChI=1S/C28H30N4O3S3.ClH/c1-30(2)18-19-31(28-29-26-24(36-3)11-6-12-25(26)37-28)27(33)21-13-15-22(16-14-21)38(34,35)32-17-7-9-20-8-4-5-10-23(20)32;/h4-6,8,10-16H,7,9,17-19H2,1-3H3;1H. The summed E-state index contributed by atoms with van der Waals surface area (Å²) in [6, 6.07) is 20.0. The summed E-state index contributed by atoms with van der Waals surface area (Å²) in [4.78, 5) is 23.5. The summed E-state index contributed by atoms with van der Waals surface area (Å²) in [5, 5.41) is 0.634. The van der Waals surface area contributed by atoms with Gasteiger partial charge in [-0.1, -0.05) is 35.6 Å². The Morgan fingerprint density at radius 3 is 2.49 bits per heavy atom.